The van der Waals surface area contributed by atoms with Gasteiger partial charge in [-0.25, -0.2) is 13.2 Å². The third-order valence-electron chi connectivity index (χ3n) is 3.95. The highest BCUT2D eigenvalue weighted by Crippen LogP contribution is 2.19. The molecule has 0 saturated heterocycles. The van der Waals surface area contributed by atoms with Gasteiger partial charge in [-0.05, 0) is 42.8 Å². The van der Waals surface area contributed by atoms with E-state index in [-0.39, 0.29) is 16.4 Å². The van der Waals surface area contributed by atoms with E-state index < -0.39 is 16.0 Å². The van der Waals surface area contributed by atoms with Crippen molar-refractivity contribution in [2.24, 2.45) is 0 Å². The van der Waals surface area contributed by atoms with Crippen LogP contribution in [0.1, 0.15) is 29.8 Å². The molecule has 0 unspecified atom stereocenters. The van der Waals surface area contributed by atoms with E-state index in [4.69, 9.17) is 0 Å². The average molecular weight is 390 g/mol. The minimum Gasteiger partial charge on any atom is -0.465 e. The van der Waals surface area contributed by atoms with Gasteiger partial charge in [-0.2, -0.15) is 0 Å². The van der Waals surface area contributed by atoms with Crippen molar-refractivity contribution in [1.29, 1.82) is 0 Å². The number of benzene rings is 2. The second kappa shape index (κ2) is 8.68. The molecule has 0 saturated carbocycles. The zero-order valence-corrected chi connectivity index (χ0v) is 16.2. The molecule has 0 aliphatic carbocycles. The summed E-state index contributed by atoms with van der Waals surface area (Å²) < 4.78 is 32.4. The van der Waals surface area contributed by atoms with Crippen molar-refractivity contribution in [2.75, 3.05) is 18.4 Å². The van der Waals surface area contributed by atoms with E-state index >= 15 is 0 Å². The van der Waals surface area contributed by atoms with E-state index in [1.54, 1.807) is 23.1 Å². The number of methoxy groups -OCH3 is 1. The lowest BCUT2D eigenvalue weighted by molar-refractivity contribution is -0.129. The van der Waals surface area contributed by atoms with Gasteiger partial charge in [0.2, 0.25) is 5.91 Å². The quantitative estimate of drug-likeness (QED) is 0.734. The highest BCUT2D eigenvalue weighted by atomic mass is 32.2. The standard InChI is InChI=1S/C19H22N2O5S/c1-4-21(14(2)22)13-15-7-5-9-17(11-15)20-27(24,25)18-10-6-8-16(12-18)19(23)26-3/h5-12,20H,4,13H2,1-3H3. The van der Waals surface area contributed by atoms with Crippen molar-refractivity contribution in [2.45, 2.75) is 25.3 Å². The Labute approximate surface area is 159 Å². The number of ether oxygens (including phenoxy) is 1. The number of nitrogens with zero attached hydrogens (tertiary/aromatic N) is 1. The molecule has 0 aliphatic heterocycles. The second-order valence-corrected chi connectivity index (χ2v) is 7.54. The summed E-state index contributed by atoms with van der Waals surface area (Å²) in [6, 6.07) is 12.4. The molecule has 0 heterocycles. The van der Waals surface area contributed by atoms with Gasteiger partial charge in [0, 0.05) is 25.7 Å². The third kappa shape index (κ3) is 5.30. The Kier molecular flexibility index (Phi) is 6.57. The van der Waals surface area contributed by atoms with Gasteiger partial charge in [-0.1, -0.05) is 18.2 Å². The first-order valence-electron chi connectivity index (χ1n) is 8.32. The van der Waals surface area contributed by atoms with Crippen LogP contribution in [0.5, 0.6) is 0 Å². The molecule has 0 aliphatic rings. The zero-order valence-electron chi connectivity index (χ0n) is 15.4. The van der Waals surface area contributed by atoms with Crippen LogP contribution in [0, 0.1) is 0 Å². The molecule has 0 radical (unpaired) electrons. The molecule has 2 aromatic rings. The molecule has 0 aromatic heterocycles. The maximum Gasteiger partial charge on any atom is 0.337 e. The molecule has 7 nitrogen and oxygen atoms in total. The SMILES string of the molecule is CCN(Cc1cccc(NS(=O)(=O)c2cccc(C(=O)OC)c2)c1)C(C)=O. The normalized spacial score (nSPS) is 10.9. The van der Waals surface area contributed by atoms with Crippen LogP contribution in [-0.4, -0.2) is 38.8 Å². The lowest BCUT2D eigenvalue weighted by Gasteiger charge is -2.19. The molecule has 144 valence electrons. The van der Waals surface area contributed by atoms with Crippen molar-refractivity contribution >= 4 is 27.6 Å². The van der Waals surface area contributed by atoms with Crippen molar-refractivity contribution in [3.63, 3.8) is 0 Å². The summed E-state index contributed by atoms with van der Waals surface area (Å²) in [6.07, 6.45) is 0. The summed E-state index contributed by atoms with van der Waals surface area (Å²) in [4.78, 5) is 24.8. The van der Waals surface area contributed by atoms with Crippen molar-refractivity contribution < 1.29 is 22.7 Å². The first-order chi connectivity index (χ1) is 12.8. The van der Waals surface area contributed by atoms with Crippen LogP contribution in [0.25, 0.3) is 0 Å². The Bertz CT molecular complexity index is 941. The summed E-state index contributed by atoms with van der Waals surface area (Å²) in [5.74, 6) is -0.666. The Morgan fingerprint density at radius 1 is 1.11 bits per heavy atom. The summed E-state index contributed by atoms with van der Waals surface area (Å²) in [7, 11) is -2.65. The molecule has 27 heavy (non-hydrogen) atoms. The largest absolute Gasteiger partial charge is 0.465 e. The number of carbonyl (C=O) groups is 2. The first-order valence-corrected chi connectivity index (χ1v) is 9.80. The van der Waals surface area contributed by atoms with E-state index in [1.807, 2.05) is 13.0 Å². The predicted molar refractivity (Wildman–Crippen MR) is 102 cm³/mol. The molecule has 1 amide bonds. The number of rotatable bonds is 7. The van der Waals surface area contributed by atoms with E-state index in [1.165, 1.54) is 38.3 Å². The fourth-order valence-corrected chi connectivity index (χ4v) is 3.62. The zero-order chi connectivity index (χ0) is 20.0. The molecule has 2 rings (SSSR count). The van der Waals surface area contributed by atoms with E-state index in [2.05, 4.69) is 9.46 Å². The molecule has 0 atom stereocenters. The lowest BCUT2D eigenvalue weighted by atomic mass is 10.2. The third-order valence-corrected chi connectivity index (χ3v) is 5.32. The minimum absolute atomic E-state index is 0.0466. The van der Waals surface area contributed by atoms with Gasteiger partial charge in [0.15, 0.2) is 0 Å². The van der Waals surface area contributed by atoms with Crippen LogP contribution in [0.3, 0.4) is 0 Å². The second-order valence-electron chi connectivity index (χ2n) is 5.86. The summed E-state index contributed by atoms with van der Waals surface area (Å²) >= 11 is 0. The number of esters is 1. The highest BCUT2D eigenvalue weighted by molar-refractivity contribution is 7.92. The van der Waals surface area contributed by atoms with Crippen LogP contribution in [-0.2, 0) is 26.1 Å². The van der Waals surface area contributed by atoms with Gasteiger partial charge < -0.3 is 9.64 Å². The lowest BCUT2D eigenvalue weighted by Crippen LogP contribution is -2.27. The Morgan fingerprint density at radius 3 is 2.44 bits per heavy atom. The summed E-state index contributed by atoms with van der Waals surface area (Å²) in [5, 5.41) is 0. The van der Waals surface area contributed by atoms with Gasteiger partial charge in [-0.15, -0.1) is 0 Å². The van der Waals surface area contributed by atoms with Crippen molar-refractivity contribution in [3.05, 3.63) is 59.7 Å². The maximum absolute atomic E-state index is 12.6. The molecule has 0 fully saturated rings. The Hall–Kier alpha value is -2.87. The number of hydrogen-bond donors (Lipinski definition) is 1. The number of anilines is 1. The van der Waals surface area contributed by atoms with E-state index in [9.17, 15) is 18.0 Å². The van der Waals surface area contributed by atoms with Gasteiger partial charge in [0.1, 0.15) is 0 Å². The van der Waals surface area contributed by atoms with Gasteiger partial charge in [-0.3, -0.25) is 9.52 Å². The monoisotopic (exact) mass is 390 g/mol. The summed E-state index contributed by atoms with van der Waals surface area (Å²) in [5.41, 5.74) is 1.32. The van der Waals surface area contributed by atoms with Crippen LogP contribution in [0.4, 0.5) is 5.69 Å². The number of amides is 1. The van der Waals surface area contributed by atoms with E-state index in [0.717, 1.165) is 5.56 Å². The minimum atomic E-state index is -3.88. The predicted octanol–water partition coefficient (Wildman–Crippen LogP) is 2.64. The summed E-state index contributed by atoms with van der Waals surface area (Å²) in [6.45, 7) is 4.32. The average Bonchev–Trinajstić information content (AvgIpc) is 2.65. The van der Waals surface area contributed by atoms with Gasteiger partial charge >= 0.3 is 5.97 Å². The molecule has 8 heteroatoms. The number of nitrogens with one attached hydrogen (secondary N) is 1. The number of carbonyl (C=O) groups excluding carboxylic acids is 2. The van der Waals surface area contributed by atoms with Gasteiger partial charge in [0.05, 0.1) is 17.6 Å². The molecular formula is C19H22N2O5S. The van der Waals surface area contributed by atoms with Crippen LogP contribution in [0.15, 0.2) is 53.4 Å². The Morgan fingerprint density at radius 2 is 1.81 bits per heavy atom. The van der Waals surface area contributed by atoms with Crippen LogP contribution >= 0.6 is 0 Å². The number of hydrogen-bond acceptors (Lipinski definition) is 5. The van der Waals surface area contributed by atoms with Gasteiger partial charge in [0.25, 0.3) is 10.0 Å². The molecule has 0 spiro atoms. The molecule has 0 bridgehead atoms. The van der Waals surface area contributed by atoms with Crippen LogP contribution in [0.2, 0.25) is 0 Å². The maximum atomic E-state index is 12.6. The van der Waals surface area contributed by atoms with Crippen molar-refractivity contribution in [3.8, 4) is 0 Å². The highest BCUT2D eigenvalue weighted by Gasteiger charge is 2.17. The molecular weight excluding hydrogens is 368 g/mol. The smallest absolute Gasteiger partial charge is 0.337 e. The van der Waals surface area contributed by atoms with E-state index in [0.29, 0.717) is 18.8 Å². The topological polar surface area (TPSA) is 92.8 Å². The molecule has 2 aromatic carbocycles. The first kappa shape index (κ1) is 20.4. The van der Waals surface area contributed by atoms with Crippen LogP contribution < -0.4 is 4.72 Å². The van der Waals surface area contributed by atoms with Crippen molar-refractivity contribution in [1.82, 2.24) is 4.90 Å². The Balaban J connectivity index is 2.24. The number of sulfonamides is 1. The fourth-order valence-electron chi connectivity index (χ4n) is 2.52. The molecule has 1 N–H and O–H groups in total. The fraction of sp³-hybridized carbons (Fsp3) is 0.263.